The molecule has 0 saturated carbocycles. The van der Waals surface area contributed by atoms with Crippen LogP contribution in [0.1, 0.15) is 66.5 Å². The molecule has 0 radical (unpaired) electrons. The fourth-order valence-electron chi connectivity index (χ4n) is 3.77. The van der Waals surface area contributed by atoms with Crippen molar-refractivity contribution < 1.29 is 19.1 Å². The van der Waals surface area contributed by atoms with Gasteiger partial charge in [-0.1, -0.05) is 77.9 Å². The SMILES string of the molecule is CC1(C)OC(=O)C(=C(Nc2ccccc2C(C)(C)C)Nc2ccccc2C(C)(C)C)C(=O)O1. The van der Waals surface area contributed by atoms with Crippen molar-refractivity contribution in [2.75, 3.05) is 10.6 Å². The first kappa shape index (κ1) is 24.4. The van der Waals surface area contributed by atoms with Crippen LogP contribution in [-0.4, -0.2) is 17.7 Å². The van der Waals surface area contributed by atoms with Gasteiger partial charge in [0, 0.05) is 25.2 Å². The second-order valence-electron chi connectivity index (χ2n) is 10.8. The zero-order valence-corrected chi connectivity index (χ0v) is 20.8. The van der Waals surface area contributed by atoms with Gasteiger partial charge in [-0.2, -0.15) is 0 Å². The minimum absolute atomic E-state index is 0.168. The molecular formula is C27H34N2O4. The molecule has 2 aromatic carbocycles. The molecule has 3 rings (SSSR count). The van der Waals surface area contributed by atoms with E-state index in [9.17, 15) is 9.59 Å². The quantitative estimate of drug-likeness (QED) is 0.345. The minimum Gasteiger partial charge on any atom is -0.419 e. The predicted molar refractivity (Wildman–Crippen MR) is 131 cm³/mol. The molecule has 2 N–H and O–H groups in total. The van der Waals surface area contributed by atoms with Gasteiger partial charge in [0.2, 0.25) is 0 Å². The summed E-state index contributed by atoms with van der Waals surface area (Å²) >= 11 is 0. The normalized spacial score (nSPS) is 16.1. The van der Waals surface area contributed by atoms with Gasteiger partial charge in [0.1, 0.15) is 5.82 Å². The van der Waals surface area contributed by atoms with Gasteiger partial charge in [-0.25, -0.2) is 9.59 Å². The zero-order valence-electron chi connectivity index (χ0n) is 20.8. The Kier molecular flexibility index (Phi) is 6.33. The maximum atomic E-state index is 12.9. The van der Waals surface area contributed by atoms with E-state index in [4.69, 9.17) is 9.47 Å². The second kappa shape index (κ2) is 8.58. The molecule has 1 aliphatic rings. The Morgan fingerprint density at radius 3 is 1.42 bits per heavy atom. The lowest BCUT2D eigenvalue weighted by molar-refractivity contribution is -0.222. The lowest BCUT2D eigenvalue weighted by atomic mass is 9.85. The number of hydrogen-bond acceptors (Lipinski definition) is 6. The van der Waals surface area contributed by atoms with Crippen molar-refractivity contribution in [2.45, 2.75) is 72.0 Å². The molecule has 0 aromatic heterocycles. The summed E-state index contributed by atoms with van der Waals surface area (Å²) in [7, 11) is 0. The smallest absolute Gasteiger partial charge is 0.352 e. The van der Waals surface area contributed by atoms with Crippen LogP contribution in [0, 0.1) is 0 Å². The summed E-state index contributed by atoms with van der Waals surface area (Å²) in [6.45, 7) is 15.7. The number of benzene rings is 2. The minimum atomic E-state index is -1.32. The molecule has 0 amide bonds. The van der Waals surface area contributed by atoms with Crippen molar-refractivity contribution in [3.8, 4) is 0 Å². The van der Waals surface area contributed by atoms with E-state index >= 15 is 0 Å². The van der Waals surface area contributed by atoms with E-state index in [1.807, 2.05) is 48.5 Å². The molecule has 0 bridgehead atoms. The highest BCUT2D eigenvalue weighted by molar-refractivity contribution is 6.16. The number of carbonyl (C=O) groups is 2. The first-order valence-electron chi connectivity index (χ1n) is 11.1. The second-order valence-corrected chi connectivity index (χ2v) is 10.8. The molecule has 0 unspecified atom stereocenters. The molecule has 0 atom stereocenters. The van der Waals surface area contributed by atoms with Crippen molar-refractivity contribution in [3.63, 3.8) is 0 Å². The first-order valence-corrected chi connectivity index (χ1v) is 11.1. The third-order valence-electron chi connectivity index (χ3n) is 5.32. The Balaban J connectivity index is 2.17. The van der Waals surface area contributed by atoms with Crippen LogP contribution in [0.4, 0.5) is 11.4 Å². The van der Waals surface area contributed by atoms with E-state index in [0.29, 0.717) is 0 Å². The average Bonchev–Trinajstić information content (AvgIpc) is 2.65. The van der Waals surface area contributed by atoms with Crippen molar-refractivity contribution >= 4 is 23.3 Å². The van der Waals surface area contributed by atoms with Gasteiger partial charge >= 0.3 is 11.9 Å². The zero-order chi connectivity index (χ0) is 24.6. The summed E-state index contributed by atoms with van der Waals surface area (Å²) in [5.41, 5.74) is 3.08. The van der Waals surface area contributed by atoms with Crippen LogP contribution < -0.4 is 10.6 Å². The van der Waals surface area contributed by atoms with Gasteiger partial charge in [0.15, 0.2) is 5.57 Å². The van der Waals surface area contributed by atoms with E-state index in [-0.39, 0.29) is 22.2 Å². The van der Waals surface area contributed by atoms with Gasteiger partial charge in [-0.3, -0.25) is 0 Å². The molecular weight excluding hydrogens is 416 g/mol. The van der Waals surface area contributed by atoms with Gasteiger partial charge in [0.25, 0.3) is 5.79 Å². The van der Waals surface area contributed by atoms with Crippen LogP contribution in [-0.2, 0) is 29.9 Å². The van der Waals surface area contributed by atoms with Gasteiger partial charge in [0.05, 0.1) is 0 Å². The number of ether oxygens (including phenoxy) is 2. The van der Waals surface area contributed by atoms with Crippen LogP contribution in [0.2, 0.25) is 0 Å². The molecule has 1 saturated heterocycles. The van der Waals surface area contributed by atoms with Crippen molar-refractivity contribution in [2.24, 2.45) is 0 Å². The molecule has 6 heteroatoms. The van der Waals surface area contributed by atoms with Crippen LogP contribution >= 0.6 is 0 Å². The maximum Gasteiger partial charge on any atom is 0.352 e. The standard InChI is InChI=1S/C27H34N2O4/c1-25(2,3)17-13-9-11-15-19(17)28-22(21-23(30)32-27(7,8)33-24(21)31)29-20-16-12-10-14-18(20)26(4,5)6/h9-16,28-29H,1-8H3. The average molecular weight is 451 g/mol. The summed E-state index contributed by atoms with van der Waals surface area (Å²) in [4.78, 5) is 25.9. The topological polar surface area (TPSA) is 76.7 Å². The number of anilines is 2. The number of para-hydroxylation sites is 2. The van der Waals surface area contributed by atoms with Crippen LogP contribution in [0.25, 0.3) is 0 Å². The van der Waals surface area contributed by atoms with Gasteiger partial charge < -0.3 is 20.1 Å². The molecule has 1 aliphatic heterocycles. The Labute approximate surface area is 196 Å². The van der Waals surface area contributed by atoms with E-state index < -0.39 is 17.7 Å². The van der Waals surface area contributed by atoms with E-state index in [1.165, 1.54) is 13.8 Å². The highest BCUT2D eigenvalue weighted by Gasteiger charge is 2.41. The van der Waals surface area contributed by atoms with Crippen molar-refractivity contribution in [1.29, 1.82) is 0 Å². The number of hydrogen-bond donors (Lipinski definition) is 2. The fraction of sp³-hybridized carbons (Fsp3) is 0.407. The number of cyclic esters (lactones) is 2. The molecule has 176 valence electrons. The van der Waals surface area contributed by atoms with Crippen molar-refractivity contribution in [1.82, 2.24) is 0 Å². The molecule has 6 nitrogen and oxygen atoms in total. The molecule has 1 fully saturated rings. The van der Waals surface area contributed by atoms with Crippen molar-refractivity contribution in [3.05, 3.63) is 71.1 Å². The van der Waals surface area contributed by atoms with E-state index in [0.717, 1.165) is 22.5 Å². The molecule has 33 heavy (non-hydrogen) atoms. The van der Waals surface area contributed by atoms with E-state index in [1.54, 1.807) is 0 Å². The van der Waals surface area contributed by atoms with E-state index in [2.05, 4.69) is 52.2 Å². The number of esters is 2. The maximum absolute atomic E-state index is 12.9. The predicted octanol–water partition coefficient (Wildman–Crippen LogP) is 5.85. The Hall–Kier alpha value is -3.28. The third-order valence-corrected chi connectivity index (χ3v) is 5.32. The fourth-order valence-corrected chi connectivity index (χ4v) is 3.77. The molecule has 1 heterocycles. The summed E-state index contributed by atoms with van der Waals surface area (Å²) < 4.78 is 10.8. The lowest BCUT2D eigenvalue weighted by Gasteiger charge is -2.32. The van der Waals surface area contributed by atoms with Gasteiger partial charge in [-0.15, -0.1) is 0 Å². The van der Waals surface area contributed by atoms with Crippen LogP contribution in [0.15, 0.2) is 59.9 Å². The lowest BCUT2D eigenvalue weighted by Crippen LogP contribution is -2.43. The summed E-state index contributed by atoms with van der Waals surface area (Å²) in [6, 6.07) is 15.6. The number of nitrogens with one attached hydrogen (secondary N) is 2. The molecule has 0 aliphatic carbocycles. The number of carbonyl (C=O) groups excluding carboxylic acids is 2. The Morgan fingerprint density at radius 2 is 1.06 bits per heavy atom. The number of rotatable bonds is 4. The summed E-state index contributed by atoms with van der Waals surface area (Å²) in [6.07, 6.45) is 0. The van der Waals surface area contributed by atoms with Crippen LogP contribution in [0.3, 0.4) is 0 Å². The Bertz CT molecular complexity index is 1020. The summed E-state index contributed by atoms with van der Waals surface area (Å²) in [5, 5.41) is 6.61. The summed E-state index contributed by atoms with van der Waals surface area (Å²) in [5.74, 6) is -2.59. The highest BCUT2D eigenvalue weighted by Crippen LogP contribution is 2.34. The largest absolute Gasteiger partial charge is 0.419 e. The van der Waals surface area contributed by atoms with Gasteiger partial charge in [-0.05, 0) is 34.1 Å². The monoisotopic (exact) mass is 450 g/mol. The van der Waals surface area contributed by atoms with Crippen LogP contribution in [0.5, 0.6) is 0 Å². The third kappa shape index (κ3) is 5.56. The Morgan fingerprint density at radius 1 is 0.697 bits per heavy atom. The molecule has 2 aromatic rings. The first-order chi connectivity index (χ1) is 15.2. The molecule has 0 spiro atoms. The highest BCUT2D eigenvalue weighted by atomic mass is 16.7.